The number of anilines is 1. The number of carbonyl (C=O) groups is 1. The summed E-state index contributed by atoms with van der Waals surface area (Å²) in [5, 5.41) is 2.91. The number of nitrogens with zero attached hydrogens (tertiary/aromatic N) is 1. The van der Waals surface area contributed by atoms with Crippen molar-refractivity contribution in [2.45, 2.75) is 19.9 Å². The lowest BCUT2D eigenvalue weighted by Crippen LogP contribution is -3.19. The summed E-state index contributed by atoms with van der Waals surface area (Å²) < 4.78 is 0. The first-order chi connectivity index (χ1) is 9.22. The molecule has 1 atom stereocenters. The Morgan fingerprint density at radius 3 is 2.53 bits per heavy atom. The van der Waals surface area contributed by atoms with Gasteiger partial charge in [-0.3, -0.25) is 4.79 Å². The van der Waals surface area contributed by atoms with Crippen molar-refractivity contribution in [3.8, 4) is 0 Å². The fourth-order valence-electron chi connectivity index (χ4n) is 2.64. The highest BCUT2D eigenvalue weighted by atomic mass is 16.2. The maximum atomic E-state index is 11.8. The molecule has 1 heterocycles. The SMILES string of the molecule is CCNC(=O)[C@H](C)[NH+]1CCN(c2ccccc2)CC1. The third kappa shape index (κ3) is 3.47. The molecule has 1 saturated heterocycles. The van der Waals surface area contributed by atoms with Gasteiger partial charge in [-0.25, -0.2) is 0 Å². The molecule has 0 aromatic heterocycles. The van der Waals surface area contributed by atoms with Gasteiger partial charge in [-0.1, -0.05) is 18.2 Å². The minimum atomic E-state index is 0.0536. The Morgan fingerprint density at radius 1 is 1.32 bits per heavy atom. The Bertz CT molecular complexity index is 399. The number of amides is 1. The van der Waals surface area contributed by atoms with Crippen LogP contribution < -0.4 is 15.1 Å². The molecule has 4 nitrogen and oxygen atoms in total. The van der Waals surface area contributed by atoms with Crippen LogP contribution in [0.5, 0.6) is 0 Å². The van der Waals surface area contributed by atoms with Crippen LogP contribution in [0.3, 0.4) is 0 Å². The Kier molecular flexibility index (Phi) is 4.80. The first kappa shape index (κ1) is 13.9. The molecule has 1 aliphatic heterocycles. The summed E-state index contributed by atoms with van der Waals surface area (Å²) in [5.41, 5.74) is 1.28. The quantitative estimate of drug-likeness (QED) is 0.796. The Labute approximate surface area is 115 Å². The number of rotatable bonds is 4. The summed E-state index contributed by atoms with van der Waals surface area (Å²) in [6.45, 7) is 8.78. The number of benzene rings is 1. The number of piperazine rings is 1. The normalized spacial score (nSPS) is 18.1. The van der Waals surface area contributed by atoms with Gasteiger partial charge in [0.2, 0.25) is 0 Å². The molecule has 1 amide bonds. The van der Waals surface area contributed by atoms with Gasteiger partial charge < -0.3 is 15.1 Å². The minimum absolute atomic E-state index is 0.0536. The third-order valence-electron chi connectivity index (χ3n) is 3.88. The topological polar surface area (TPSA) is 36.8 Å². The summed E-state index contributed by atoms with van der Waals surface area (Å²) in [4.78, 5) is 15.6. The lowest BCUT2D eigenvalue weighted by atomic mass is 10.2. The van der Waals surface area contributed by atoms with Crippen LogP contribution >= 0.6 is 0 Å². The maximum Gasteiger partial charge on any atom is 0.278 e. The second kappa shape index (κ2) is 6.57. The first-order valence-corrected chi connectivity index (χ1v) is 7.14. The van der Waals surface area contributed by atoms with Crippen molar-refractivity contribution in [3.63, 3.8) is 0 Å². The van der Waals surface area contributed by atoms with E-state index in [0.717, 1.165) is 26.2 Å². The van der Waals surface area contributed by atoms with E-state index in [9.17, 15) is 4.79 Å². The highest BCUT2D eigenvalue weighted by molar-refractivity contribution is 5.79. The molecule has 1 aromatic carbocycles. The van der Waals surface area contributed by atoms with E-state index < -0.39 is 0 Å². The molecule has 1 aliphatic rings. The lowest BCUT2D eigenvalue weighted by Gasteiger charge is -2.35. The zero-order valence-electron chi connectivity index (χ0n) is 11.9. The molecule has 4 heteroatoms. The summed E-state index contributed by atoms with van der Waals surface area (Å²) in [6.07, 6.45) is 0. The van der Waals surface area contributed by atoms with Crippen molar-refractivity contribution in [1.82, 2.24) is 5.32 Å². The number of para-hydroxylation sites is 1. The molecule has 0 bridgehead atoms. The fraction of sp³-hybridized carbons (Fsp3) is 0.533. The van der Waals surface area contributed by atoms with Gasteiger partial charge in [-0.2, -0.15) is 0 Å². The third-order valence-corrected chi connectivity index (χ3v) is 3.88. The van der Waals surface area contributed by atoms with Crippen molar-refractivity contribution in [2.24, 2.45) is 0 Å². The molecule has 0 unspecified atom stereocenters. The van der Waals surface area contributed by atoms with E-state index in [0.29, 0.717) is 6.54 Å². The monoisotopic (exact) mass is 262 g/mol. The molecule has 2 rings (SSSR count). The van der Waals surface area contributed by atoms with Crippen LogP contribution in [0.2, 0.25) is 0 Å². The Morgan fingerprint density at radius 2 is 1.95 bits per heavy atom. The zero-order chi connectivity index (χ0) is 13.7. The van der Waals surface area contributed by atoms with Crippen LogP contribution in [0.4, 0.5) is 5.69 Å². The molecule has 1 fully saturated rings. The molecular weight excluding hydrogens is 238 g/mol. The predicted octanol–water partition coefficient (Wildman–Crippen LogP) is -0.0839. The highest BCUT2D eigenvalue weighted by Crippen LogP contribution is 2.12. The number of hydrogen-bond acceptors (Lipinski definition) is 2. The van der Waals surface area contributed by atoms with Gasteiger partial charge in [0.15, 0.2) is 6.04 Å². The number of quaternary nitrogens is 1. The average Bonchev–Trinajstić information content (AvgIpc) is 2.48. The largest absolute Gasteiger partial charge is 0.360 e. The van der Waals surface area contributed by atoms with E-state index in [2.05, 4.69) is 34.5 Å². The predicted molar refractivity (Wildman–Crippen MR) is 77.5 cm³/mol. The van der Waals surface area contributed by atoms with Gasteiger partial charge in [0.1, 0.15) is 0 Å². The minimum Gasteiger partial charge on any atom is -0.360 e. The van der Waals surface area contributed by atoms with Gasteiger partial charge in [-0.15, -0.1) is 0 Å². The average molecular weight is 262 g/mol. The molecule has 19 heavy (non-hydrogen) atoms. The van der Waals surface area contributed by atoms with E-state index in [-0.39, 0.29) is 11.9 Å². The van der Waals surface area contributed by atoms with Crippen LogP contribution in [0.25, 0.3) is 0 Å². The molecule has 0 aliphatic carbocycles. The zero-order valence-corrected chi connectivity index (χ0v) is 11.9. The number of carbonyl (C=O) groups excluding carboxylic acids is 1. The van der Waals surface area contributed by atoms with Gasteiger partial charge in [0.05, 0.1) is 26.2 Å². The van der Waals surface area contributed by atoms with Crippen LogP contribution in [0.1, 0.15) is 13.8 Å². The van der Waals surface area contributed by atoms with Crippen LogP contribution in [-0.2, 0) is 4.79 Å². The van der Waals surface area contributed by atoms with Gasteiger partial charge in [-0.05, 0) is 26.0 Å². The van der Waals surface area contributed by atoms with Crippen molar-refractivity contribution >= 4 is 11.6 Å². The van der Waals surface area contributed by atoms with Crippen molar-refractivity contribution in [2.75, 3.05) is 37.6 Å². The fourth-order valence-corrected chi connectivity index (χ4v) is 2.64. The summed E-state index contributed by atoms with van der Waals surface area (Å²) in [7, 11) is 0. The van der Waals surface area contributed by atoms with Crippen molar-refractivity contribution < 1.29 is 9.69 Å². The molecule has 0 spiro atoms. The van der Waals surface area contributed by atoms with E-state index >= 15 is 0 Å². The van der Waals surface area contributed by atoms with Gasteiger partial charge >= 0.3 is 0 Å². The Balaban J connectivity index is 1.87. The van der Waals surface area contributed by atoms with Gasteiger partial charge in [0.25, 0.3) is 5.91 Å². The molecule has 0 saturated carbocycles. The van der Waals surface area contributed by atoms with E-state index in [4.69, 9.17) is 0 Å². The maximum absolute atomic E-state index is 11.8. The lowest BCUT2D eigenvalue weighted by molar-refractivity contribution is -0.914. The number of nitrogens with one attached hydrogen (secondary N) is 2. The van der Waals surface area contributed by atoms with Crippen molar-refractivity contribution in [3.05, 3.63) is 30.3 Å². The smallest absolute Gasteiger partial charge is 0.278 e. The first-order valence-electron chi connectivity index (χ1n) is 7.14. The second-order valence-corrected chi connectivity index (χ2v) is 5.10. The second-order valence-electron chi connectivity index (χ2n) is 5.10. The van der Waals surface area contributed by atoms with Gasteiger partial charge in [0, 0.05) is 12.2 Å². The van der Waals surface area contributed by atoms with Crippen LogP contribution in [-0.4, -0.2) is 44.7 Å². The number of likely N-dealkylation sites (N-methyl/N-ethyl adjacent to an activating group) is 1. The summed E-state index contributed by atoms with van der Waals surface area (Å²) in [6, 6.07) is 10.5. The van der Waals surface area contributed by atoms with E-state index in [1.807, 2.05) is 19.9 Å². The highest BCUT2D eigenvalue weighted by Gasteiger charge is 2.28. The number of hydrogen-bond donors (Lipinski definition) is 2. The summed E-state index contributed by atoms with van der Waals surface area (Å²) >= 11 is 0. The van der Waals surface area contributed by atoms with E-state index in [1.54, 1.807) is 0 Å². The van der Waals surface area contributed by atoms with E-state index in [1.165, 1.54) is 10.6 Å². The van der Waals surface area contributed by atoms with Crippen LogP contribution in [0, 0.1) is 0 Å². The van der Waals surface area contributed by atoms with Crippen LogP contribution in [0.15, 0.2) is 30.3 Å². The molecule has 1 aromatic rings. The molecule has 0 radical (unpaired) electrons. The standard InChI is InChI=1S/C15H23N3O/c1-3-16-15(19)13(2)17-9-11-18(12-10-17)14-7-5-4-6-8-14/h4-8,13H,3,9-12H2,1-2H3,(H,16,19)/p+1/t13-/m0/s1. The Hall–Kier alpha value is -1.55. The molecule has 2 N–H and O–H groups in total. The molecule has 104 valence electrons. The summed E-state index contributed by atoms with van der Waals surface area (Å²) in [5.74, 6) is 0.172. The molecular formula is C15H24N3O+. The van der Waals surface area contributed by atoms with Crippen molar-refractivity contribution in [1.29, 1.82) is 0 Å².